The lowest BCUT2D eigenvalue weighted by atomic mass is 10.4. The number of benzene rings is 3. The Balaban J connectivity index is 0.00000225. The Bertz CT molecular complexity index is 707. The minimum atomic E-state index is -1.96. The molecule has 0 N–H and O–H groups in total. The Morgan fingerprint density at radius 2 is 1.04 bits per heavy atom. The third kappa shape index (κ3) is 4.17. The summed E-state index contributed by atoms with van der Waals surface area (Å²) in [5.41, 5.74) is 0. The normalized spacial score (nSPS) is 10.5. The third-order valence-electron chi connectivity index (χ3n) is 4.04. The van der Waals surface area contributed by atoms with E-state index in [-0.39, 0.29) is 23.6 Å². The molecule has 0 spiro atoms. The van der Waals surface area contributed by atoms with Crippen molar-refractivity contribution >= 4 is 23.2 Å². The number of nitriles is 1. The van der Waals surface area contributed by atoms with Gasteiger partial charge in [0.1, 0.15) is 29.8 Å². The van der Waals surface area contributed by atoms with Gasteiger partial charge in [0.2, 0.25) is 0 Å². The number of ether oxygens (including phenoxy) is 1. The number of nitrogens with zero attached hydrogens (tertiary/aromatic N) is 1. The van der Waals surface area contributed by atoms with E-state index in [1.807, 2.05) is 18.2 Å². The van der Waals surface area contributed by atoms with Crippen molar-refractivity contribution in [3.63, 3.8) is 0 Å². The molecule has 0 atom stereocenters. The standard InChI is InChI=1S/C21H19NOP.BrH/c22-16-17-23-18-24(19-10-4-1-5-11-19,20-12-6-2-7-13-20)21-14-8-3-9-15-21;/h1-15H,17-18H2;1H/q+1;/p-1. The highest BCUT2D eigenvalue weighted by molar-refractivity contribution is 7.95. The van der Waals surface area contributed by atoms with Crippen molar-refractivity contribution in [1.29, 1.82) is 5.26 Å². The van der Waals surface area contributed by atoms with Gasteiger partial charge in [-0.3, -0.25) is 0 Å². The summed E-state index contributed by atoms with van der Waals surface area (Å²) in [6.45, 7) is 0.105. The molecular formula is C21H19BrNOP. The summed E-state index contributed by atoms with van der Waals surface area (Å²) in [7, 11) is -1.96. The predicted octanol–water partition coefficient (Wildman–Crippen LogP) is 0.482. The number of hydrogen-bond donors (Lipinski definition) is 0. The van der Waals surface area contributed by atoms with Crippen LogP contribution in [-0.2, 0) is 4.74 Å². The van der Waals surface area contributed by atoms with Crippen molar-refractivity contribution in [1.82, 2.24) is 0 Å². The molecule has 0 radical (unpaired) electrons. The molecular weight excluding hydrogens is 393 g/mol. The van der Waals surface area contributed by atoms with Gasteiger partial charge in [-0.1, -0.05) is 54.6 Å². The molecule has 3 aromatic carbocycles. The van der Waals surface area contributed by atoms with E-state index in [0.717, 1.165) is 0 Å². The van der Waals surface area contributed by atoms with E-state index >= 15 is 0 Å². The molecule has 0 aromatic heterocycles. The number of halogens is 1. The maximum absolute atomic E-state index is 8.91. The molecule has 0 bridgehead atoms. The second kappa shape index (κ2) is 9.49. The van der Waals surface area contributed by atoms with Gasteiger partial charge in [0.25, 0.3) is 0 Å². The lowest BCUT2D eigenvalue weighted by molar-refractivity contribution is -0.00000520. The van der Waals surface area contributed by atoms with Gasteiger partial charge in [-0.05, 0) is 36.4 Å². The molecule has 126 valence electrons. The van der Waals surface area contributed by atoms with Crippen LogP contribution in [0.4, 0.5) is 0 Å². The predicted molar refractivity (Wildman–Crippen MR) is 102 cm³/mol. The first kappa shape index (κ1) is 19.3. The summed E-state index contributed by atoms with van der Waals surface area (Å²) in [4.78, 5) is 0. The Kier molecular flexibility index (Phi) is 7.34. The van der Waals surface area contributed by atoms with E-state index < -0.39 is 7.26 Å². The van der Waals surface area contributed by atoms with Gasteiger partial charge in [0.15, 0.2) is 6.35 Å². The van der Waals surface area contributed by atoms with Crippen LogP contribution in [0.25, 0.3) is 0 Å². The highest BCUT2D eigenvalue weighted by Crippen LogP contribution is 2.55. The molecule has 25 heavy (non-hydrogen) atoms. The fourth-order valence-electron chi connectivity index (χ4n) is 2.95. The Hall–Kier alpha value is -1.98. The van der Waals surface area contributed by atoms with Crippen LogP contribution in [0.2, 0.25) is 0 Å². The molecule has 0 heterocycles. The van der Waals surface area contributed by atoms with Crippen LogP contribution >= 0.6 is 7.26 Å². The van der Waals surface area contributed by atoms with Crippen molar-refractivity contribution in [2.75, 3.05) is 13.0 Å². The van der Waals surface area contributed by atoms with E-state index in [2.05, 4.69) is 78.9 Å². The smallest absolute Gasteiger partial charge is 0.172 e. The Morgan fingerprint density at radius 1 is 0.680 bits per heavy atom. The zero-order chi connectivity index (χ0) is 16.7. The van der Waals surface area contributed by atoms with E-state index in [4.69, 9.17) is 10.00 Å². The summed E-state index contributed by atoms with van der Waals surface area (Å²) in [5.74, 6) is 0. The van der Waals surface area contributed by atoms with Gasteiger partial charge in [-0.2, -0.15) is 5.26 Å². The highest BCUT2D eigenvalue weighted by atomic mass is 79.9. The van der Waals surface area contributed by atoms with E-state index in [1.54, 1.807) is 0 Å². The van der Waals surface area contributed by atoms with E-state index in [1.165, 1.54) is 15.9 Å². The summed E-state index contributed by atoms with van der Waals surface area (Å²) >= 11 is 0. The van der Waals surface area contributed by atoms with Crippen LogP contribution in [0.1, 0.15) is 0 Å². The average molecular weight is 412 g/mol. The van der Waals surface area contributed by atoms with Crippen molar-refractivity contribution in [2.24, 2.45) is 0 Å². The molecule has 0 aliphatic carbocycles. The van der Waals surface area contributed by atoms with Crippen LogP contribution in [0.3, 0.4) is 0 Å². The van der Waals surface area contributed by atoms with Gasteiger partial charge < -0.3 is 21.7 Å². The molecule has 2 nitrogen and oxygen atoms in total. The Labute approximate surface area is 160 Å². The summed E-state index contributed by atoms with van der Waals surface area (Å²) in [5, 5.41) is 12.7. The fraction of sp³-hybridized carbons (Fsp3) is 0.0952. The number of hydrogen-bond acceptors (Lipinski definition) is 2. The zero-order valence-corrected chi connectivity index (χ0v) is 16.2. The van der Waals surface area contributed by atoms with Crippen LogP contribution in [0.15, 0.2) is 91.0 Å². The van der Waals surface area contributed by atoms with Crippen LogP contribution in [0.5, 0.6) is 0 Å². The lowest BCUT2D eigenvalue weighted by Crippen LogP contribution is -3.00. The molecule has 0 amide bonds. The van der Waals surface area contributed by atoms with Crippen molar-refractivity contribution in [3.05, 3.63) is 91.0 Å². The first-order valence-corrected chi connectivity index (χ1v) is 9.85. The molecule has 3 rings (SSSR count). The summed E-state index contributed by atoms with van der Waals surface area (Å²) in [6.07, 6.45) is 0.526. The van der Waals surface area contributed by atoms with Crippen LogP contribution in [0, 0.1) is 11.3 Å². The molecule has 0 fully saturated rings. The molecule has 0 saturated heterocycles. The molecule has 0 aliphatic rings. The monoisotopic (exact) mass is 411 g/mol. The van der Waals surface area contributed by atoms with Crippen molar-refractivity contribution in [2.45, 2.75) is 0 Å². The maximum Gasteiger partial charge on any atom is 0.172 e. The molecule has 4 heteroatoms. The highest BCUT2D eigenvalue weighted by Gasteiger charge is 2.45. The minimum Gasteiger partial charge on any atom is -1.00 e. The van der Waals surface area contributed by atoms with Gasteiger partial charge in [-0.25, -0.2) is 0 Å². The zero-order valence-electron chi connectivity index (χ0n) is 13.8. The Morgan fingerprint density at radius 3 is 1.36 bits per heavy atom. The largest absolute Gasteiger partial charge is 1.00 e. The quantitative estimate of drug-likeness (QED) is 0.436. The first-order valence-electron chi connectivity index (χ1n) is 7.87. The topological polar surface area (TPSA) is 33.0 Å². The van der Waals surface area contributed by atoms with Gasteiger partial charge in [0, 0.05) is 0 Å². The molecule has 0 aliphatic heterocycles. The summed E-state index contributed by atoms with van der Waals surface area (Å²) < 4.78 is 5.80. The lowest BCUT2D eigenvalue weighted by Gasteiger charge is -2.26. The van der Waals surface area contributed by atoms with Crippen LogP contribution < -0.4 is 32.9 Å². The van der Waals surface area contributed by atoms with Crippen LogP contribution in [-0.4, -0.2) is 13.0 Å². The molecule has 0 unspecified atom stereocenters. The van der Waals surface area contributed by atoms with Crippen molar-refractivity contribution in [3.8, 4) is 6.07 Å². The maximum atomic E-state index is 8.91. The number of rotatable bonds is 6. The van der Waals surface area contributed by atoms with E-state index in [0.29, 0.717) is 6.35 Å². The minimum absolute atomic E-state index is 0. The molecule has 0 saturated carbocycles. The SMILES string of the molecule is N#CCOC[P+](c1ccccc1)(c1ccccc1)c1ccccc1.[Br-]. The fourth-order valence-corrected chi connectivity index (χ4v) is 6.70. The van der Waals surface area contributed by atoms with Gasteiger partial charge >= 0.3 is 0 Å². The third-order valence-corrected chi connectivity index (χ3v) is 8.15. The summed E-state index contributed by atoms with van der Waals surface area (Å²) in [6, 6.07) is 33.6. The van der Waals surface area contributed by atoms with Gasteiger partial charge in [0.05, 0.1) is 6.07 Å². The van der Waals surface area contributed by atoms with Crippen molar-refractivity contribution < 1.29 is 21.7 Å². The second-order valence-electron chi connectivity index (χ2n) is 5.45. The average Bonchev–Trinajstić information content (AvgIpc) is 2.68. The second-order valence-corrected chi connectivity index (χ2v) is 8.88. The van der Waals surface area contributed by atoms with E-state index in [9.17, 15) is 0 Å². The molecule has 3 aromatic rings. The first-order chi connectivity index (χ1) is 11.9. The van der Waals surface area contributed by atoms with Gasteiger partial charge in [-0.15, -0.1) is 0 Å².